The molecule has 4 nitrogen and oxygen atoms in total. The van der Waals surface area contributed by atoms with Gasteiger partial charge in [-0.2, -0.15) is 0 Å². The third-order valence-corrected chi connectivity index (χ3v) is 14.6. The molecule has 0 fully saturated rings. The highest BCUT2D eigenvalue weighted by Gasteiger charge is 2.36. The number of para-hydroxylation sites is 6. The summed E-state index contributed by atoms with van der Waals surface area (Å²) in [5.74, 6) is 0. The van der Waals surface area contributed by atoms with Gasteiger partial charge in [0, 0.05) is 65.0 Å². The Bertz CT molecular complexity index is 4080. The maximum Gasteiger partial charge on any atom is 0.0724 e. The van der Waals surface area contributed by atoms with Gasteiger partial charge in [0.2, 0.25) is 0 Å². The van der Waals surface area contributed by atoms with Crippen molar-refractivity contribution in [3.63, 3.8) is 0 Å². The second kappa shape index (κ2) is 12.9. The van der Waals surface area contributed by atoms with Gasteiger partial charge in [-0.15, -0.1) is 12.6 Å². The zero-order chi connectivity index (χ0) is 42.4. The van der Waals surface area contributed by atoms with Gasteiger partial charge in [0.25, 0.3) is 0 Å². The first-order valence-electron chi connectivity index (χ1n) is 22.1. The minimum absolute atomic E-state index is 0.119. The molecule has 5 heterocycles. The predicted octanol–water partition coefficient (Wildman–Crippen LogP) is 16.0. The summed E-state index contributed by atoms with van der Waals surface area (Å²) in [6, 6.07) is 74.0. The Morgan fingerprint density at radius 1 is 0.391 bits per heavy atom. The van der Waals surface area contributed by atoms with Crippen LogP contribution < -0.4 is 4.90 Å². The van der Waals surface area contributed by atoms with Crippen LogP contribution in [0.3, 0.4) is 0 Å². The van der Waals surface area contributed by atoms with Crippen molar-refractivity contribution < 1.29 is 0 Å². The summed E-state index contributed by atoms with van der Waals surface area (Å²) in [5.41, 5.74) is 17.6. The zero-order valence-corrected chi connectivity index (χ0v) is 36.2. The fourth-order valence-electron chi connectivity index (χ4n) is 11.4. The molecule has 0 aliphatic carbocycles. The molecule has 0 spiro atoms. The van der Waals surface area contributed by atoms with Gasteiger partial charge in [0.05, 0.1) is 55.7 Å². The predicted molar refractivity (Wildman–Crippen MR) is 272 cm³/mol. The first kappa shape index (κ1) is 35.8. The standard InChI is InChI=1S/C59H40N4S/c1-59(2)46-22-6-10-26-50(46)61(51-27-11-7-23-47(51)59)38-31-29-37(30-32-38)60-48-24-8-4-17-40(48)45-34-54-55(35-53(45)60)62-49-25-9-3-16-39(49)41-20-14-21-43(58(41)62)42-19-13-15-36-33-52(63(54)57(36)42)44-18-5-12-28-56(44)64/h3-35,64H,1-2H3. The van der Waals surface area contributed by atoms with Crippen LogP contribution >= 0.6 is 12.6 Å². The summed E-state index contributed by atoms with van der Waals surface area (Å²) in [4.78, 5) is 3.38. The van der Waals surface area contributed by atoms with Crippen molar-refractivity contribution in [1.29, 1.82) is 0 Å². The summed E-state index contributed by atoms with van der Waals surface area (Å²) < 4.78 is 7.51. The van der Waals surface area contributed by atoms with E-state index >= 15 is 0 Å². The number of anilines is 3. The number of rotatable bonds is 3. The number of hydrogen-bond acceptors (Lipinski definition) is 2. The molecular weight excluding hydrogens is 797 g/mol. The van der Waals surface area contributed by atoms with Gasteiger partial charge in [-0.25, -0.2) is 0 Å². The van der Waals surface area contributed by atoms with Crippen molar-refractivity contribution in [2.45, 2.75) is 24.2 Å². The molecule has 0 radical (unpaired) electrons. The van der Waals surface area contributed by atoms with Gasteiger partial charge in [-0.3, -0.25) is 0 Å². The molecule has 9 aromatic carbocycles. The molecule has 14 rings (SSSR count). The van der Waals surface area contributed by atoms with Crippen LogP contribution in [0.25, 0.3) is 93.3 Å². The Balaban J connectivity index is 1.11. The van der Waals surface area contributed by atoms with Crippen molar-refractivity contribution >= 4 is 106 Å². The van der Waals surface area contributed by atoms with Crippen molar-refractivity contribution in [3.05, 3.63) is 211 Å². The molecule has 1 aliphatic heterocycles. The normalized spacial score (nSPS) is 13.6. The second-order valence-corrected chi connectivity index (χ2v) is 18.4. The monoisotopic (exact) mass is 836 g/mol. The van der Waals surface area contributed by atoms with E-state index in [1.54, 1.807) is 0 Å². The van der Waals surface area contributed by atoms with Gasteiger partial charge in [-0.1, -0.05) is 141 Å². The summed E-state index contributed by atoms with van der Waals surface area (Å²) >= 11 is 5.06. The maximum atomic E-state index is 5.06. The topological polar surface area (TPSA) is 17.0 Å². The first-order valence-corrected chi connectivity index (χ1v) is 22.5. The molecule has 64 heavy (non-hydrogen) atoms. The summed E-state index contributed by atoms with van der Waals surface area (Å²) in [7, 11) is 0. The lowest BCUT2D eigenvalue weighted by Crippen LogP contribution is -2.30. The van der Waals surface area contributed by atoms with E-state index in [4.69, 9.17) is 12.6 Å². The van der Waals surface area contributed by atoms with E-state index in [0.29, 0.717) is 0 Å². The van der Waals surface area contributed by atoms with E-state index in [1.165, 1.54) is 82.3 Å². The van der Waals surface area contributed by atoms with Gasteiger partial charge in [0.15, 0.2) is 0 Å². The Kier molecular flexibility index (Phi) is 7.23. The molecule has 0 atom stereocenters. The smallest absolute Gasteiger partial charge is 0.0724 e. The molecule has 0 N–H and O–H groups in total. The van der Waals surface area contributed by atoms with Gasteiger partial charge in [0.1, 0.15) is 0 Å². The lowest BCUT2D eigenvalue weighted by Gasteiger charge is -2.42. The molecule has 4 aromatic heterocycles. The van der Waals surface area contributed by atoms with Gasteiger partial charge in [-0.05, 0) is 83.9 Å². The molecule has 0 saturated heterocycles. The minimum Gasteiger partial charge on any atom is -0.310 e. The molecule has 302 valence electrons. The van der Waals surface area contributed by atoms with Gasteiger partial charge < -0.3 is 18.3 Å². The van der Waals surface area contributed by atoms with Crippen LogP contribution in [-0.4, -0.2) is 13.4 Å². The fraction of sp³-hybridized carbons (Fsp3) is 0.0508. The number of thiol groups is 1. The Morgan fingerprint density at radius 3 is 1.67 bits per heavy atom. The average molecular weight is 837 g/mol. The minimum atomic E-state index is -0.119. The Morgan fingerprint density at radius 2 is 0.938 bits per heavy atom. The molecule has 0 saturated carbocycles. The zero-order valence-electron chi connectivity index (χ0n) is 35.3. The molecule has 0 amide bonds. The van der Waals surface area contributed by atoms with Crippen molar-refractivity contribution in [2.24, 2.45) is 0 Å². The van der Waals surface area contributed by atoms with Crippen LogP contribution in [0.4, 0.5) is 17.1 Å². The Hall–Kier alpha value is -7.73. The molecular formula is C59H40N4S. The number of nitrogens with zero attached hydrogens (tertiary/aromatic N) is 4. The van der Waals surface area contributed by atoms with E-state index in [-0.39, 0.29) is 5.41 Å². The van der Waals surface area contributed by atoms with Crippen LogP contribution in [0.15, 0.2) is 205 Å². The van der Waals surface area contributed by atoms with Gasteiger partial charge >= 0.3 is 0 Å². The van der Waals surface area contributed by atoms with E-state index < -0.39 is 0 Å². The van der Waals surface area contributed by atoms with Crippen LogP contribution in [0.5, 0.6) is 0 Å². The van der Waals surface area contributed by atoms with Crippen molar-refractivity contribution in [1.82, 2.24) is 13.4 Å². The van der Waals surface area contributed by atoms with E-state index in [1.807, 2.05) is 0 Å². The number of aromatic nitrogens is 3. The second-order valence-electron chi connectivity index (χ2n) is 17.9. The molecule has 1 aliphatic rings. The maximum absolute atomic E-state index is 5.06. The van der Waals surface area contributed by atoms with Crippen molar-refractivity contribution in [3.8, 4) is 16.9 Å². The highest BCUT2D eigenvalue weighted by Crippen LogP contribution is 2.52. The molecule has 0 unspecified atom stereocenters. The number of fused-ring (bicyclic) bond motifs is 12. The Labute approximate surface area is 374 Å². The van der Waals surface area contributed by atoms with Crippen LogP contribution in [0.2, 0.25) is 0 Å². The van der Waals surface area contributed by atoms with E-state index in [9.17, 15) is 0 Å². The third-order valence-electron chi connectivity index (χ3n) is 14.2. The highest BCUT2D eigenvalue weighted by atomic mass is 32.1. The lowest BCUT2D eigenvalue weighted by molar-refractivity contribution is 0.632. The SMILES string of the molecule is CC1(C)c2ccccc2N(c2ccc(-n3c4ccccc4c4cc5c(cc43)n3c4ccccc4c4cccc(c6cccc7cc(-c8ccccc8S)n5c76)c43)cc2)c2ccccc21. The largest absolute Gasteiger partial charge is 0.310 e. The number of benzene rings is 9. The first-order chi connectivity index (χ1) is 31.5. The quantitative estimate of drug-likeness (QED) is 0.175. The molecule has 0 bridgehead atoms. The average Bonchev–Trinajstić information content (AvgIpc) is 3.99. The summed E-state index contributed by atoms with van der Waals surface area (Å²) in [5, 5.41) is 8.53. The van der Waals surface area contributed by atoms with Crippen molar-refractivity contribution in [2.75, 3.05) is 4.90 Å². The van der Waals surface area contributed by atoms with Crippen LogP contribution in [0.1, 0.15) is 25.0 Å². The fourth-order valence-corrected chi connectivity index (χ4v) is 11.7. The third kappa shape index (κ3) is 4.69. The van der Waals surface area contributed by atoms with E-state index in [2.05, 4.69) is 232 Å². The number of hydrogen-bond donors (Lipinski definition) is 1. The summed E-state index contributed by atoms with van der Waals surface area (Å²) in [6.07, 6.45) is 0. The van der Waals surface area contributed by atoms with Crippen LogP contribution in [-0.2, 0) is 5.41 Å². The molecule has 5 heteroatoms. The highest BCUT2D eigenvalue weighted by molar-refractivity contribution is 7.80. The lowest BCUT2D eigenvalue weighted by atomic mass is 9.73. The van der Waals surface area contributed by atoms with Crippen LogP contribution in [0, 0.1) is 0 Å². The summed E-state index contributed by atoms with van der Waals surface area (Å²) in [6.45, 7) is 4.68. The molecule has 13 aromatic rings. The van der Waals surface area contributed by atoms with E-state index in [0.717, 1.165) is 44.1 Å².